The van der Waals surface area contributed by atoms with E-state index in [0.717, 1.165) is 31.8 Å². The summed E-state index contributed by atoms with van der Waals surface area (Å²) in [6.45, 7) is 8.61. The zero-order valence-corrected chi connectivity index (χ0v) is 10.9. The second-order valence-electron chi connectivity index (χ2n) is 4.89. The van der Waals surface area contributed by atoms with Crippen molar-refractivity contribution in [1.29, 1.82) is 0 Å². The summed E-state index contributed by atoms with van der Waals surface area (Å²) in [5.74, 6) is 1.47. The lowest BCUT2D eigenvalue weighted by molar-refractivity contribution is 0.0810. The van der Waals surface area contributed by atoms with Gasteiger partial charge in [0, 0.05) is 31.4 Å². The van der Waals surface area contributed by atoms with Gasteiger partial charge in [-0.25, -0.2) is 4.98 Å². The quantitative estimate of drug-likeness (QED) is 0.803. The van der Waals surface area contributed by atoms with Crippen molar-refractivity contribution >= 4 is 0 Å². The van der Waals surface area contributed by atoms with Crippen LogP contribution in [0.25, 0.3) is 0 Å². The Kier molecular flexibility index (Phi) is 3.94. The molecule has 0 atom stereocenters. The Morgan fingerprint density at radius 2 is 2.06 bits per heavy atom. The minimum atomic E-state index is 0.305. The van der Waals surface area contributed by atoms with Gasteiger partial charge in [0.25, 0.3) is 0 Å². The van der Waals surface area contributed by atoms with Crippen molar-refractivity contribution in [3.8, 4) is 5.88 Å². The van der Waals surface area contributed by atoms with E-state index in [9.17, 15) is 0 Å². The molecule has 0 saturated carbocycles. The predicted octanol–water partition coefficient (Wildman–Crippen LogP) is 2.04. The van der Waals surface area contributed by atoms with Crippen LogP contribution in [0.4, 0.5) is 0 Å². The highest BCUT2D eigenvalue weighted by molar-refractivity contribution is 5.08. The number of nitrogens with zero attached hydrogens (tertiary/aromatic N) is 3. The van der Waals surface area contributed by atoms with E-state index in [1.54, 1.807) is 6.20 Å². The normalized spacial score (nSPS) is 18.6. The van der Waals surface area contributed by atoms with Gasteiger partial charge in [-0.05, 0) is 33.6 Å². The molecule has 1 saturated heterocycles. The molecular formula is C13H21N3O. The molecule has 0 amide bonds. The van der Waals surface area contributed by atoms with E-state index in [1.165, 1.54) is 0 Å². The van der Waals surface area contributed by atoms with Crippen LogP contribution in [-0.2, 0) is 0 Å². The molecule has 2 heterocycles. The maximum atomic E-state index is 5.89. The van der Waals surface area contributed by atoms with Crippen LogP contribution in [0.5, 0.6) is 5.88 Å². The first-order valence-electron chi connectivity index (χ1n) is 6.35. The van der Waals surface area contributed by atoms with Crippen LogP contribution >= 0.6 is 0 Å². The number of rotatable bonds is 3. The van der Waals surface area contributed by atoms with Crippen LogP contribution in [0.3, 0.4) is 0 Å². The summed E-state index contributed by atoms with van der Waals surface area (Å²) in [5, 5.41) is 0. The Balaban J connectivity index is 1.86. The number of hydrogen-bond acceptors (Lipinski definition) is 4. The van der Waals surface area contributed by atoms with E-state index in [0.29, 0.717) is 18.0 Å². The molecule has 1 aromatic heterocycles. The SMILES string of the molecule is Cc1nccc(OC2CCN(C(C)C)CC2)n1. The lowest BCUT2D eigenvalue weighted by Gasteiger charge is -2.34. The van der Waals surface area contributed by atoms with Gasteiger partial charge in [-0.2, -0.15) is 4.98 Å². The van der Waals surface area contributed by atoms with Crippen LogP contribution in [-0.4, -0.2) is 40.1 Å². The van der Waals surface area contributed by atoms with Crippen LogP contribution in [0.1, 0.15) is 32.5 Å². The second-order valence-corrected chi connectivity index (χ2v) is 4.89. The third-order valence-corrected chi connectivity index (χ3v) is 3.24. The molecule has 0 aliphatic carbocycles. The number of ether oxygens (including phenoxy) is 1. The molecule has 1 aliphatic rings. The number of hydrogen-bond donors (Lipinski definition) is 0. The minimum absolute atomic E-state index is 0.305. The maximum absolute atomic E-state index is 5.89. The fourth-order valence-corrected chi connectivity index (χ4v) is 2.18. The fraction of sp³-hybridized carbons (Fsp3) is 0.692. The van der Waals surface area contributed by atoms with Gasteiger partial charge in [-0.15, -0.1) is 0 Å². The van der Waals surface area contributed by atoms with Gasteiger partial charge < -0.3 is 9.64 Å². The molecule has 1 aromatic rings. The molecule has 94 valence electrons. The Morgan fingerprint density at radius 1 is 1.35 bits per heavy atom. The molecule has 17 heavy (non-hydrogen) atoms. The largest absolute Gasteiger partial charge is 0.474 e. The molecule has 0 N–H and O–H groups in total. The summed E-state index contributed by atoms with van der Waals surface area (Å²) in [5.41, 5.74) is 0. The molecule has 0 aromatic carbocycles. The topological polar surface area (TPSA) is 38.2 Å². The zero-order valence-electron chi connectivity index (χ0n) is 10.9. The Hall–Kier alpha value is -1.16. The van der Waals surface area contributed by atoms with E-state index in [2.05, 4.69) is 28.7 Å². The lowest BCUT2D eigenvalue weighted by atomic mass is 10.1. The Morgan fingerprint density at radius 3 is 2.65 bits per heavy atom. The molecule has 4 heteroatoms. The molecule has 0 unspecified atom stereocenters. The van der Waals surface area contributed by atoms with Crippen LogP contribution in [0, 0.1) is 6.92 Å². The summed E-state index contributed by atoms with van der Waals surface area (Å²) in [6.07, 6.45) is 4.22. The Bertz CT molecular complexity index is 359. The third kappa shape index (κ3) is 3.40. The minimum Gasteiger partial charge on any atom is -0.474 e. The van der Waals surface area contributed by atoms with Crippen LogP contribution < -0.4 is 4.74 Å². The second kappa shape index (κ2) is 5.45. The van der Waals surface area contributed by atoms with Crippen LogP contribution in [0.15, 0.2) is 12.3 Å². The van der Waals surface area contributed by atoms with Crippen molar-refractivity contribution < 1.29 is 4.74 Å². The number of likely N-dealkylation sites (tertiary alicyclic amines) is 1. The summed E-state index contributed by atoms with van der Waals surface area (Å²) in [4.78, 5) is 10.8. The lowest BCUT2D eigenvalue weighted by Crippen LogP contribution is -2.41. The van der Waals surface area contributed by atoms with E-state index in [-0.39, 0.29) is 0 Å². The fourth-order valence-electron chi connectivity index (χ4n) is 2.18. The monoisotopic (exact) mass is 235 g/mol. The zero-order chi connectivity index (χ0) is 12.3. The molecule has 1 fully saturated rings. The highest BCUT2D eigenvalue weighted by atomic mass is 16.5. The Labute approximate surface area is 103 Å². The maximum Gasteiger partial charge on any atom is 0.216 e. The number of aryl methyl sites for hydroxylation is 1. The smallest absolute Gasteiger partial charge is 0.216 e. The molecule has 0 bridgehead atoms. The van der Waals surface area contributed by atoms with Gasteiger partial charge in [-0.1, -0.05) is 0 Å². The molecule has 0 radical (unpaired) electrons. The first kappa shape index (κ1) is 12.3. The highest BCUT2D eigenvalue weighted by Crippen LogP contribution is 2.18. The molecule has 0 spiro atoms. The van der Waals surface area contributed by atoms with Crippen molar-refractivity contribution in [2.24, 2.45) is 0 Å². The third-order valence-electron chi connectivity index (χ3n) is 3.24. The van der Waals surface area contributed by atoms with Gasteiger partial charge in [0.2, 0.25) is 5.88 Å². The molecular weight excluding hydrogens is 214 g/mol. The molecule has 4 nitrogen and oxygen atoms in total. The van der Waals surface area contributed by atoms with Gasteiger partial charge in [0.15, 0.2) is 0 Å². The standard InChI is InChI=1S/C13H21N3O/c1-10(2)16-8-5-12(6-9-16)17-13-4-7-14-11(3)15-13/h4,7,10,12H,5-6,8-9H2,1-3H3. The van der Waals surface area contributed by atoms with E-state index >= 15 is 0 Å². The molecule has 2 rings (SSSR count). The van der Waals surface area contributed by atoms with Gasteiger partial charge in [0.05, 0.1) is 0 Å². The van der Waals surface area contributed by atoms with Crippen molar-refractivity contribution in [2.45, 2.75) is 45.8 Å². The summed E-state index contributed by atoms with van der Waals surface area (Å²) >= 11 is 0. The average Bonchev–Trinajstić information content (AvgIpc) is 2.29. The summed E-state index contributed by atoms with van der Waals surface area (Å²) < 4.78 is 5.89. The van der Waals surface area contributed by atoms with E-state index < -0.39 is 0 Å². The van der Waals surface area contributed by atoms with Gasteiger partial charge >= 0.3 is 0 Å². The van der Waals surface area contributed by atoms with E-state index in [1.807, 2.05) is 13.0 Å². The first-order chi connectivity index (χ1) is 8.15. The molecule has 1 aliphatic heterocycles. The van der Waals surface area contributed by atoms with Crippen molar-refractivity contribution in [3.63, 3.8) is 0 Å². The predicted molar refractivity (Wildman–Crippen MR) is 67.1 cm³/mol. The number of piperidine rings is 1. The van der Waals surface area contributed by atoms with Crippen molar-refractivity contribution in [3.05, 3.63) is 18.1 Å². The van der Waals surface area contributed by atoms with Crippen molar-refractivity contribution in [2.75, 3.05) is 13.1 Å². The first-order valence-corrected chi connectivity index (χ1v) is 6.35. The van der Waals surface area contributed by atoms with Gasteiger partial charge in [0.1, 0.15) is 11.9 Å². The summed E-state index contributed by atoms with van der Waals surface area (Å²) in [7, 11) is 0. The van der Waals surface area contributed by atoms with Gasteiger partial charge in [-0.3, -0.25) is 0 Å². The highest BCUT2D eigenvalue weighted by Gasteiger charge is 2.22. The van der Waals surface area contributed by atoms with Crippen molar-refractivity contribution in [1.82, 2.24) is 14.9 Å². The van der Waals surface area contributed by atoms with Crippen LogP contribution in [0.2, 0.25) is 0 Å². The number of aromatic nitrogens is 2. The summed E-state index contributed by atoms with van der Waals surface area (Å²) in [6, 6.07) is 2.47. The van der Waals surface area contributed by atoms with E-state index in [4.69, 9.17) is 4.74 Å². The average molecular weight is 235 g/mol.